The fraction of sp³-hybridized carbons (Fsp3) is 0.417. The summed E-state index contributed by atoms with van der Waals surface area (Å²) in [7, 11) is 0. The van der Waals surface area contributed by atoms with Gasteiger partial charge in [-0.2, -0.15) is 0 Å². The minimum absolute atomic E-state index is 0.00210. The molecule has 0 bridgehead atoms. The van der Waals surface area contributed by atoms with Gasteiger partial charge in [0.05, 0.1) is 0 Å². The number of benzene rings is 1. The van der Waals surface area contributed by atoms with Crippen LogP contribution >= 0.6 is 0 Å². The first-order valence-electron chi connectivity index (χ1n) is 5.17. The van der Waals surface area contributed by atoms with Gasteiger partial charge in [0.25, 0.3) is 0 Å². The largest absolute Gasteiger partial charge is 0.489 e. The SMILES string of the molecule is CCC(=O)c1ccc(OC(C)CN)cc1. The molecular formula is C12H17NO2. The topological polar surface area (TPSA) is 52.3 Å². The summed E-state index contributed by atoms with van der Waals surface area (Å²) in [5, 5.41) is 0. The molecule has 0 amide bonds. The second-order valence-electron chi connectivity index (χ2n) is 3.47. The van der Waals surface area contributed by atoms with Crippen LogP contribution in [0.5, 0.6) is 5.75 Å². The van der Waals surface area contributed by atoms with Gasteiger partial charge in [0, 0.05) is 18.5 Å². The Hall–Kier alpha value is -1.35. The molecular weight excluding hydrogens is 190 g/mol. The Labute approximate surface area is 90.2 Å². The highest BCUT2D eigenvalue weighted by atomic mass is 16.5. The number of Topliss-reactive ketones (excluding diaryl/α,β-unsaturated/α-hetero) is 1. The van der Waals surface area contributed by atoms with Gasteiger partial charge < -0.3 is 10.5 Å². The van der Waals surface area contributed by atoms with E-state index in [1.54, 1.807) is 24.3 Å². The lowest BCUT2D eigenvalue weighted by Crippen LogP contribution is -2.22. The molecule has 0 saturated heterocycles. The molecule has 1 aromatic carbocycles. The molecule has 3 nitrogen and oxygen atoms in total. The standard InChI is InChI=1S/C12H17NO2/c1-3-12(14)10-4-6-11(7-5-10)15-9(2)8-13/h4-7,9H,3,8,13H2,1-2H3. The highest BCUT2D eigenvalue weighted by molar-refractivity contribution is 5.95. The lowest BCUT2D eigenvalue weighted by molar-refractivity contribution is 0.0988. The van der Waals surface area contributed by atoms with Gasteiger partial charge in [-0.1, -0.05) is 6.92 Å². The van der Waals surface area contributed by atoms with E-state index in [4.69, 9.17) is 10.5 Å². The molecule has 0 aromatic heterocycles. The fourth-order valence-corrected chi connectivity index (χ4v) is 1.20. The molecule has 2 N–H and O–H groups in total. The monoisotopic (exact) mass is 207 g/mol. The molecule has 0 aliphatic heterocycles. The van der Waals surface area contributed by atoms with Crippen molar-refractivity contribution in [2.75, 3.05) is 6.54 Å². The van der Waals surface area contributed by atoms with Crippen molar-refractivity contribution in [3.05, 3.63) is 29.8 Å². The third kappa shape index (κ3) is 3.36. The Kier molecular flexibility index (Phi) is 4.31. The predicted molar refractivity (Wildman–Crippen MR) is 60.2 cm³/mol. The molecule has 0 aliphatic carbocycles. The smallest absolute Gasteiger partial charge is 0.162 e. The van der Waals surface area contributed by atoms with Crippen molar-refractivity contribution >= 4 is 5.78 Å². The first kappa shape index (κ1) is 11.7. The van der Waals surface area contributed by atoms with E-state index >= 15 is 0 Å². The third-order valence-electron chi connectivity index (χ3n) is 2.17. The Balaban J connectivity index is 2.68. The van der Waals surface area contributed by atoms with Crippen molar-refractivity contribution in [2.24, 2.45) is 5.73 Å². The number of hydrogen-bond donors (Lipinski definition) is 1. The maximum atomic E-state index is 11.3. The molecule has 0 aliphatic rings. The van der Waals surface area contributed by atoms with Gasteiger partial charge in [0.15, 0.2) is 5.78 Å². The molecule has 0 heterocycles. The van der Waals surface area contributed by atoms with Gasteiger partial charge in [-0.3, -0.25) is 4.79 Å². The molecule has 0 spiro atoms. The van der Waals surface area contributed by atoms with Gasteiger partial charge in [-0.25, -0.2) is 0 Å². The molecule has 1 aromatic rings. The minimum Gasteiger partial charge on any atom is -0.489 e. The van der Waals surface area contributed by atoms with E-state index in [2.05, 4.69) is 0 Å². The van der Waals surface area contributed by atoms with Crippen LogP contribution in [0.2, 0.25) is 0 Å². The molecule has 3 heteroatoms. The van der Waals surface area contributed by atoms with Gasteiger partial charge in [0.2, 0.25) is 0 Å². The number of carbonyl (C=O) groups excluding carboxylic acids is 1. The second kappa shape index (κ2) is 5.51. The van der Waals surface area contributed by atoms with E-state index in [0.717, 1.165) is 11.3 Å². The lowest BCUT2D eigenvalue weighted by atomic mass is 10.1. The van der Waals surface area contributed by atoms with Gasteiger partial charge in [0.1, 0.15) is 11.9 Å². The maximum absolute atomic E-state index is 11.3. The molecule has 82 valence electrons. The van der Waals surface area contributed by atoms with Crippen LogP contribution in [-0.4, -0.2) is 18.4 Å². The highest BCUT2D eigenvalue weighted by Crippen LogP contribution is 2.14. The van der Waals surface area contributed by atoms with Crippen LogP contribution in [-0.2, 0) is 0 Å². The zero-order valence-corrected chi connectivity index (χ0v) is 9.19. The number of ketones is 1. The van der Waals surface area contributed by atoms with E-state index in [1.165, 1.54) is 0 Å². The van der Waals surface area contributed by atoms with Gasteiger partial charge >= 0.3 is 0 Å². The predicted octanol–water partition coefficient (Wildman–Crippen LogP) is 2.01. The van der Waals surface area contributed by atoms with Crippen LogP contribution in [0.15, 0.2) is 24.3 Å². The quantitative estimate of drug-likeness (QED) is 0.751. The third-order valence-corrected chi connectivity index (χ3v) is 2.17. The van der Waals surface area contributed by atoms with Crippen molar-refractivity contribution < 1.29 is 9.53 Å². The summed E-state index contributed by atoms with van der Waals surface area (Å²) in [6.45, 7) is 4.24. The number of carbonyl (C=O) groups is 1. The molecule has 1 atom stereocenters. The molecule has 0 radical (unpaired) electrons. The van der Waals surface area contributed by atoms with Crippen molar-refractivity contribution in [2.45, 2.75) is 26.4 Å². The van der Waals surface area contributed by atoms with Crippen LogP contribution in [0.3, 0.4) is 0 Å². The number of hydrogen-bond acceptors (Lipinski definition) is 3. The van der Waals surface area contributed by atoms with Crippen LogP contribution < -0.4 is 10.5 Å². The fourth-order valence-electron chi connectivity index (χ4n) is 1.20. The number of nitrogens with two attached hydrogens (primary N) is 1. The molecule has 15 heavy (non-hydrogen) atoms. The normalized spacial score (nSPS) is 12.2. The average molecular weight is 207 g/mol. The second-order valence-corrected chi connectivity index (χ2v) is 3.47. The van der Waals surface area contributed by atoms with Gasteiger partial charge in [-0.05, 0) is 31.2 Å². The Morgan fingerprint density at radius 1 is 1.40 bits per heavy atom. The summed E-state index contributed by atoms with van der Waals surface area (Å²) in [4.78, 5) is 11.3. The summed E-state index contributed by atoms with van der Waals surface area (Å²) < 4.78 is 5.50. The van der Waals surface area contributed by atoms with E-state index < -0.39 is 0 Å². The average Bonchev–Trinajstić information content (AvgIpc) is 2.29. The van der Waals surface area contributed by atoms with Crippen LogP contribution in [0, 0.1) is 0 Å². The van der Waals surface area contributed by atoms with E-state index in [0.29, 0.717) is 13.0 Å². The zero-order chi connectivity index (χ0) is 11.3. The van der Waals surface area contributed by atoms with Crippen molar-refractivity contribution in [1.82, 2.24) is 0 Å². The molecule has 1 unspecified atom stereocenters. The van der Waals surface area contributed by atoms with E-state index in [9.17, 15) is 4.79 Å². The first-order chi connectivity index (χ1) is 7.17. The van der Waals surface area contributed by atoms with E-state index in [-0.39, 0.29) is 11.9 Å². The zero-order valence-electron chi connectivity index (χ0n) is 9.19. The summed E-state index contributed by atoms with van der Waals surface area (Å²) in [5.41, 5.74) is 6.17. The Bertz CT molecular complexity index is 319. The Morgan fingerprint density at radius 2 is 2.00 bits per heavy atom. The van der Waals surface area contributed by atoms with Crippen LogP contribution in [0.1, 0.15) is 30.6 Å². The summed E-state index contributed by atoms with van der Waals surface area (Å²) in [6.07, 6.45) is 0.525. The van der Waals surface area contributed by atoms with Crippen molar-refractivity contribution in [3.8, 4) is 5.75 Å². The van der Waals surface area contributed by atoms with Crippen molar-refractivity contribution in [1.29, 1.82) is 0 Å². The van der Waals surface area contributed by atoms with Crippen molar-refractivity contribution in [3.63, 3.8) is 0 Å². The maximum Gasteiger partial charge on any atom is 0.162 e. The lowest BCUT2D eigenvalue weighted by Gasteiger charge is -2.12. The van der Waals surface area contributed by atoms with Gasteiger partial charge in [-0.15, -0.1) is 0 Å². The number of ether oxygens (including phenoxy) is 1. The van der Waals surface area contributed by atoms with E-state index in [1.807, 2.05) is 13.8 Å². The summed E-state index contributed by atoms with van der Waals surface area (Å²) in [6, 6.07) is 7.17. The molecule has 1 rings (SSSR count). The first-order valence-corrected chi connectivity index (χ1v) is 5.17. The summed E-state index contributed by atoms with van der Waals surface area (Å²) in [5.74, 6) is 0.897. The Morgan fingerprint density at radius 3 is 2.47 bits per heavy atom. The molecule has 0 fully saturated rings. The van der Waals surface area contributed by atoms with Crippen LogP contribution in [0.4, 0.5) is 0 Å². The highest BCUT2D eigenvalue weighted by Gasteiger charge is 2.04. The number of rotatable bonds is 5. The minimum atomic E-state index is -0.00210. The summed E-state index contributed by atoms with van der Waals surface area (Å²) >= 11 is 0. The molecule has 0 saturated carbocycles. The van der Waals surface area contributed by atoms with Crippen LogP contribution in [0.25, 0.3) is 0 Å².